The van der Waals surface area contributed by atoms with E-state index in [1.807, 2.05) is 17.9 Å². The quantitative estimate of drug-likeness (QED) is 0.545. The average Bonchev–Trinajstić information content (AvgIpc) is 2.98. The van der Waals surface area contributed by atoms with E-state index in [4.69, 9.17) is 16.0 Å². The maximum Gasteiger partial charge on any atom is 0.236 e. The van der Waals surface area contributed by atoms with Crippen LogP contribution in [0.2, 0.25) is 5.02 Å². The van der Waals surface area contributed by atoms with Crippen LogP contribution in [0.1, 0.15) is 31.2 Å². The highest BCUT2D eigenvalue weighted by Gasteiger charge is 2.31. The standard InChI is InChI=1S/C22H23ClN2O3S/c1-16-9-11-19(12-10-16)29(26,27)21-22(25-13-4-2-3-5-14-25)28-20(24-21)17-7-6-8-18(23)15-17/h6-12,15H,2-5,13-14H2,1H3. The Morgan fingerprint density at radius 3 is 2.34 bits per heavy atom. The molecular weight excluding hydrogens is 408 g/mol. The smallest absolute Gasteiger partial charge is 0.236 e. The van der Waals surface area contributed by atoms with Gasteiger partial charge >= 0.3 is 0 Å². The van der Waals surface area contributed by atoms with Crippen LogP contribution in [0.4, 0.5) is 5.88 Å². The summed E-state index contributed by atoms with van der Waals surface area (Å²) in [6.45, 7) is 3.42. The molecule has 3 aromatic rings. The summed E-state index contributed by atoms with van der Waals surface area (Å²) in [5.74, 6) is 0.583. The van der Waals surface area contributed by atoms with Crippen molar-refractivity contribution in [1.82, 2.24) is 4.98 Å². The number of nitrogens with zero attached hydrogens (tertiary/aromatic N) is 2. The van der Waals surface area contributed by atoms with Crippen molar-refractivity contribution in [3.05, 3.63) is 59.1 Å². The van der Waals surface area contributed by atoms with Crippen LogP contribution in [0.25, 0.3) is 11.5 Å². The zero-order valence-corrected chi connectivity index (χ0v) is 17.8. The number of hydrogen-bond donors (Lipinski definition) is 0. The van der Waals surface area contributed by atoms with E-state index < -0.39 is 9.84 Å². The van der Waals surface area contributed by atoms with Gasteiger partial charge in [-0.3, -0.25) is 0 Å². The highest BCUT2D eigenvalue weighted by Crippen LogP contribution is 2.36. The molecule has 0 aliphatic carbocycles. The van der Waals surface area contributed by atoms with Crippen LogP contribution in [0.15, 0.2) is 62.9 Å². The minimum Gasteiger partial charge on any atom is -0.419 e. The Bertz CT molecular complexity index is 1100. The van der Waals surface area contributed by atoms with Gasteiger partial charge in [-0.15, -0.1) is 0 Å². The summed E-state index contributed by atoms with van der Waals surface area (Å²) in [4.78, 5) is 6.67. The van der Waals surface area contributed by atoms with Crippen LogP contribution in [0.5, 0.6) is 0 Å². The first-order valence-corrected chi connectivity index (χ1v) is 11.6. The number of anilines is 1. The molecule has 0 unspecified atom stereocenters. The second-order valence-corrected chi connectivity index (χ2v) is 9.66. The van der Waals surface area contributed by atoms with Gasteiger partial charge in [-0.2, -0.15) is 4.98 Å². The molecule has 0 amide bonds. The first-order valence-electron chi connectivity index (χ1n) is 9.78. The first kappa shape index (κ1) is 20.0. The molecule has 0 spiro atoms. The number of halogens is 1. The predicted molar refractivity (Wildman–Crippen MR) is 114 cm³/mol. The predicted octanol–water partition coefficient (Wildman–Crippen LogP) is 5.52. The van der Waals surface area contributed by atoms with Crippen molar-refractivity contribution in [2.24, 2.45) is 0 Å². The first-order chi connectivity index (χ1) is 13.9. The van der Waals surface area contributed by atoms with Crippen molar-refractivity contribution >= 4 is 27.3 Å². The van der Waals surface area contributed by atoms with E-state index in [1.165, 1.54) is 0 Å². The Labute approximate surface area is 176 Å². The molecule has 1 aliphatic rings. The van der Waals surface area contributed by atoms with E-state index in [1.54, 1.807) is 42.5 Å². The molecular formula is C22H23ClN2O3S. The summed E-state index contributed by atoms with van der Waals surface area (Å²) in [6, 6.07) is 13.9. The fourth-order valence-electron chi connectivity index (χ4n) is 3.52. The molecule has 0 N–H and O–H groups in total. The molecule has 0 atom stereocenters. The molecule has 152 valence electrons. The minimum atomic E-state index is -3.82. The van der Waals surface area contributed by atoms with Crippen LogP contribution < -0.4 is 4.90 Å². The number of sulfone groups is 1. The molecule has 2 aromatic carbocycles. The van der Waals surface area contributed by atoms with Crippen molar-refractivity contribution in [3.8, 4) is 11.5 Å². The highest BCUT2D eigenvalue weighted by atomic mass is 35.5. The van der Waals surface area contributed by atoms with E-state index in [2.05, 4.69) is 4.98 Å². The van der Waals surface area contributed by atoms with Gasteiger partial charge in [-0.25, -0.2) is 8.42 Å². The third-order valence-electron chi connectivity index (χ3n) is 5.13. The van der Waals surface area contributed by atoms with Crippen molar-refractivity contribution in [2.45, 2.75) is 42.5 Å². The molecule has 7 heteroatoms. The molecule has 5 nitrogen and oxygen atoms in total. The van der Waals surface area contributed by atoms with Crippen LogP contribution in [0.3, 0.4) is 0 Å². The number of oxazole rings is 1. The second kappa shape index (κ2) is 8.20. The van der Waals surface area contributed by atoms with Gasteiger partial charge in [0.2, 0.25) is 26.6 Å². The van der Waals surface area contributed by atoms with E-state index in [0.717, 1.165) is 44.3 Å². The average molecular weight is 431 g/mol. The SMILES string of the molecule is Cc1ccc(S(=O)(=O)c2nc(-c3cccc(Cl)c3)oc2N2CCCCCC2)cc1. The molecule has 1 fully saturated rings. The van der Waals surface area contributed by atoms with Crippen molar-refractivity contribution in [3.63, 3.8) is 0 Å². The van der Waals surface area contributed by atoms with Gasteiger partial charge in [0.25, 0.3) is 0 Å². The van der Waals surface area contributed by atoms with Gasteiger partial charge in [0.15, 0.2) is 0 Å². The van der Waals surface area contributed by atoms with E-state index in [-0.39, 0.29) is 15.8 Å². The number of aryl methyl sites for hydroxylation is 1. The summed E-state index contributed by atoms with van der Waals surface area (Å²) in [6.07, 6.45) is 4.26. The Morgan fingerprint density at radius 2 is 1.69 bits per heavy atom. The molecule has 2 heterocycles. The van der Waals surface area contributed by atoms with Crippen LogP contribution >= 0.6 is 11.6 Å². The van der Waals surface area contributed by atoms with Gasteiger partial charge in [-0.05, 0) is 50.1 Å². The Balaban J connectivity index is 1.85. The number of aromatic nitrogens is 1. The topological polar surface area (TPSA) is 63.4 Å². The maximum absolute atomic E-state index is 13.4. The largest absolute Gasteiger partial charge is 0.419 e. The monoisotopic (exact) mass is 430 g/mol. The maximum atomic E-state index is 13.4. The van der Waals surface area contributed by atoms with Crippen molar-refractivity contribution in [1.29, 1.82) is 0 Å². The number of rotatable bonds is 4. The van der Waals surface area contributed by atoms with Crippen molar-refractivity contribution < 1.29 is 12.8 Å². The fraction of sp³-hybridized carbons (Fsp3) is 0.318. The van der Waals surface area contributed by atoms with Crippen LogP contribution in [0, 0.1) is 6.92 Å². The van der Waals surface area contributed by atoms with Gasteiger partial charge in [0.1, 0.15) is 0 Å². The van der Waals surface area contributed by atoms with Crippen LogP contribution in [-0.2, 0) is 9.84 Å². The fourth-order valence-corrected chi connectivity index (χ4v) is 5.03. The molecule has 4 rings (SSSR count). The Kier molecular flexibility index (Phi) is 5.65. The van der Waals surface area contributed by atoms with Crippen molar-refractivity contribution in [2.75, 3.05) is 18.0 Å². The summed E-state index contributed by atoms with van der Waals surface area (Å²) in [7, 11) is -3.82. The van der Waals surface area contributed by atoms with E-state index in [0.29, 0.717) is 16.5 Å². The summed E-state index contributed by atoms with van der Waals surface area (Å²) in [5, 5.41) is 0.512. The summed E-state index contributed by atoms with van der Waals surface area (Å²) >= 11 is 6.11. The molecule has 0 bridgehead atoms. The zero-order chi connectivity index (χ0) is 20.4. The Hall–Kier alpha value is -2.31. The normalized spacial score (nSPS) is 15.3. The number of hydrogen-bond acceptors (Lipinski definition) is 5. The lowest BCUT2D eigenvalue weighted by molar-refractivity contribution is 0.543. The summed E-state index contributed by atoms with van der Waals surface area (Å²) in [5.41, 5.74) is 1.65. The van der Waals surface area contributed by atoms with E-state index in [9.17, 15) is 8.42 Å². The zero-order valence-electron chi connectivity index (χ0n) is 16.3. The lowest BCUT2D eigenvalue weighted by atomic mass is 10.2. The third-order valence-corrected chi connectivity index (χ3v) is 7.03. The summed E-state index contributed by atoms with van der Waals surface area (Å²) < 4.78 is 32.9. The molecule has 1 saturated heterocycles. The lowest BCUT2D eigenvalue weighted by Gasteiger charge is -2.20. The molecule has 0 saturated carbocycles. The molecule has 29 heavy (non-hydrogen) atoms. The number of benzene rings is 2. The van der Waals surface area contributed by atoms with Gasteiger partial charge in [0.05, 0.1) is 4.90 Å². The molecule has 0 radical (unpaired) electrons. The van der Waals surface area contributed by atoms with Gasteiger partial charge in [-0.1, -0.05) is 48.2 Å². The third kappa shape index (κ3) is 4.19. The van der Waals surface area contributed by atoms with Crippen LogP contribution in [-0.4, -0.2) is 26.5 Å². The molecule has 1 aliphatic heterocycles. The Morgan fingerprint density at radius 1 is 1.00 bits per heavy atom. The lowest BCUT2D eigenvalue weighted by Crippen LogP contribution is -2.25. The van der Waals surface area contributed by atoms with Gasteiger partial charge < -0.3 is 9.32 Å². The minimum absolute atomic E-state index is 0.0294. The second-order valence-electron chi connectivity index (χ2n) is 7.36. The highest BCUT2D eigenvalue weighted by molar-refractivity contribution is 7.91. The van der Waals surface area contributed by atoms with Gasteiger partial charge in [0, 0.05) is 23.7 Å². The van der Waals surface area contributed by atoms with E-state index >= 15 is 0 Å². The molecule has 1 aromatic heterocycles.